The Bertz CT molecular complexity index is 334. The summed E-state index contributed by atoms with van der Waals surface area (Å²) < 4.78 is 0. The summed E-state index contributed by atoms with van der Waals surface area (Å²) in [6.07, 6.45) is 7.61. The number of rotatable bonds is 7. The Hall–Kier alpha value is -1.18. The molecule has 0 saturated carbocycles. The molecule has 0 spiro atoms. The highest BCUT2D eigenvalue weighted by molar-refractivity contribution is 5.67. The van der Waals surface area contributed by atoms with Gasteiger partial charge in [0.2, 0.25) is 0 Å². The molecule has 0 radical (unpaired) electrons. The van der Waals surface area contributed by atoms with Gasteiger partial charge in [-0.1, -0.05) is 51.7 Å². The lowest BCUT2D eigenvalue weighted by atomic mass is 9.89. The van der Waals surface area contributed by atoms with Crippen LogP contribution in [0.1, 0.15) is 63.9 Å². The normalized spacial score (nSPS) is 12.6. The third kappa shape index (κ3) is 3.95. The second-order valence-corrected chi connectivity index (χ2v) is 4.80. The van der Waals surface area contributed by atoms with Crippen LogP contribution in [-0.2, 0) is 0 Å². The van der Waals surface area contributed by atoms with Gasteiger partial charge in [-0.05, 0) is 30.4 Å². The SMILES string of the molecule is CCCCCCC(CC)c1cccc(N)c1N. The van der Waals surface area contributed by atoms with Crippen LogP contribution < -0.4 is 11.5 Å². The standard InChI is InChI=1S/C15H26N2/c1-3-5-6-7-9-12(4-2)13-10-8-11-14(16)15(13)17/h8,10-12H,3-7,9,16-17H2,1-2H3. The Morgan fingerprint density at radius 1 is 1.06 bits per heavy atom. The van der Waals surface area contributed by atoms with E-state index in [0.29, 0.717) is 5.92 Å². The van der Waals surface area contributed by atoms with Crippen molar-refractivity contribution in [3.63, 3.8) is 0 Å². The first-order chi connectivity index (χ1) is 8.20. The molecule has 2 heteroatoms. The van der Waals surface area contributed by atoms with Gasteiger partial charge in [0.05, 0.1) is 11.4 Å². The molecule has 17 heavy (non-hydrogen) atoms. The number of para-hydroxylation sites is 1. The molecule has 0 heterocycles. The van der Waals surface area contributed by atoms with Crippen LogP contribution in [0.25, 0.3) is 0 Å². The predicted molar refractivity (Wildman–Crippen MR) is 77.1 cm³/mol. The lowest BCUT2D eigenvalue weighted by Crippen LogP contribution is -2.05. The van der Waals surface area contributed by atoms with E-state index in [-0.39, 0.29) is 0 Å². The maximum absolute atomic E-state index is 6.06. The molecule has 4 N–H and O–H groups in total. The Balaban J connectivity index is 2.63. The summed E-state index contributed by atoms with van der Waals surface area (Å²) in [7, 11) is 0. The van der Waals surface area contributed by atoms with Crippen LogP contribution >= 0.6 is 0 Å². The van der Waals surface area contributed by atoms with Crippen LogP contribution in [0.4, 0.5) is 11.4 Å². The fraction of sp³-hybridized carbons (Fsp3) is 0.600. The van der Waals surface area contributed by atoms with Gasteiger partial charge in [0.15, 0.2) is 0 Å². The van der Waals surface area contributed by atoms with E-state index in [0.717, 1.165) is 17.8 Å². The van der Waals surface area contributed by atoms with E-state index in [1.54, 1.807) is 0 Å². The minimum Gasteiger partial charge on any atom is -0.397 e. The van der Waals surface area contributed by atoms with Crippen molar-refractivity contribution in [3.05, 3.63) is 23.8 Å². The van der Waals surface area contributed by atoms with Crippen molar-refractivity contribution in [2.75, 3.05) is 11.5 Å². The summed E-state index contributed by atoms with van der Waals surface area (Å²) in [5, 5.41) is 0. The van der Waals surface area contributed by atoms with E-state index in [1.807, 2.05) is 12.1 Å². The quantitative estimate of drug-likeness (QED) is 0.545. The van der Waals surface area contributed by atoms with Crippen molar-refractivity contribution < 1.29 is 0 Å². The Morgan fingerprint density at radius 2 is 1.82 bits per heavy atom. The number of unbranched alkanes of at least 4 members (excludes halogenated alkanes) is 3. The molecule has 0 bridgehead atoms. The summed E-state index contributed by atoms with van der Waals surface area (Å²) in [6, 6.07) is 6.01. The van der Waals surface area contributed by atoms with E-state index >= 15 is 0 Å². The van der Waals surface area contributed by atoms with Crippen LogP contribution in [0, 0.1) is 0 Å². The van der Waals surface area contributed by atoms with Gasteiger partial charge in [-0.15, -0.1) is 0 Å². The lowest BCUT2D eigenvalue weighted by molar-refractivity contribution is 0.543. The topological polar surface area (TPSA) is 52.0 Å². The average molecular weight is 234 g/mol. The third-order valence-electron chi connectivity index (χ3n) is 3.51. The van der Waals surface area contributed by atoms with Crippen LogP contribution in [0.2, 0.25) is 0 Å². The van der Waals surface area contributed by atoms with Gasteiger partial charge in [-0.25, -0.2) is 0 Å². The highest BCUT2D eigenvalue weighted by atomic mass is 14.7. The van der Waals surface area contributed by atoms with Gasteiger partial charge in [-0.3, -0.25) is 0 Å². The van der Waals surface area contributed by atoms with Crippen LogP contribution in [0.5, 0.6) is 0 Å². The third-order valence-corrected chi connectivity index (χ3v) is 3.51. The second-order valence-electron chi connectivity index (χ2n) is 4.80. The lowest BCUT2D eigenvalue weighted by Gasteiger charge is -2.18. The van der Waals surface area contributed by atoms with Gasteiger partial charge in [0, 0.05) is 0 Å². The highest BCUT2D eigenvalue weighted by Crippen LogP contribution is 2.32. The summed E-state index contributed by atoms with van der Waals surface area (Å²) >= 11 is 0. The van der Waals surface area contributed by atoms with Gasteiger partial charge < -0.3 is 11.5 Å². The van der Waals surface area contributed by atoms with Crippen LogP contribution in [0.15, 0.2) is 18.2 Å². The number of nitrogens with two attached hydrogens (primary N) is 2. The number of anilines is 2. The number of benzene rings is 1. The van der Waals surface area contributed by atoms with Crippen LogP contribution in [0.3, 0.4) is 0 Å². The molecule has 0 saturated heterocycles. The van der Waals surface area contributed by atoms with Gasteiger partial charge >= 0.3 is 0 Å². The summed E-state index contributed by atoms with van der Waals surface area (Å²) in [6.45, 7) is 4.47. The molecule has 1 rings (SSSR count). The molecule has 1 aromatic carbocycles. The van der Waals surface area contributed by atoms with Crippen molar-refractivity contribution in [3.8, 4) is 0 Å². The van der Waals surface area contributed by atoms with Gasteiger partial charge in [0.1, 0.15) is 0 Å². The molecule has 2 nitrogen and oxygen atoms in total. The molecule has 0 fully saturated rings. The first-order valence-corrected chi connectivity index (χ1v) is 6.84. The van der Waals surface area contributed by atoms with Crippen molar-refractivity contribution in [2.24, 2.45) is 0 Å². The molecule has 0 aliphatic carbocycles. The zero-order chi connectivity index (χ0) is 12.7. The molecule has 0 aliphatic rings. The largest absolute Gasteiger partial charge is 0.397 e. The van der Waals surface area contributed by atoms with E-state index in [1.165, 1.54) is 37.7 Å². The molecular formula is C15H26N2. The summed E-state index contributed by atoms with van der Waals surface area (Å²) in [5.41, 5.74) is 14.7. The second kappa shape index (κ2) is 7.21. The molecule has 1 aromatic rings. The van der Waals surface area contributed by atoms with E-state index in [2.05, 4.69) is 19.9 Å². The molecule has 0 aromatic heterocycles. The fourth-order valence-corrected chi connectivity index (χ4v) is 2.35. The Morgan fingerprint density at radius 3 is 2.47 bits per heavy atom. The van der Waals surface area contributed by atoms with Crippen molar-refractivity contribution in [1.82, 2.24) is 0 Å². The fourth-order valence-electron chi connectivity index (χ4n) is 2.35. The first kappa shape index (κ1) is 13.9. The van der Waals surface area contributed by atoms with Gasteiger partial charge in [-0.2, -0.15) is 0 Å². The predicted octanol–water partition coefficient (Wildman–Crippen LogP) is 4.32. The zero-order valence-electron chi connectivity index (χ0n) is 11.2. The molecule has 96 valence electrons. The van der Waals surface area contributed by atoms with E-state index < -0.39 is 0 Å². The smallest absolute Gasteiger partial charge is 0.0583 e. The van der Waals surface area contributed by atoms with Crippen molar-refractivity contribution in [1.29, 1.82) is 0 Å². The zero-order valence-corrected chi connectivity index (χ0v) is 11.2. The van der Waals surface area contributed by atoms with Crippen molar-refractivity contribution in [2.45, 2.75) is 58.3 Å². The molecule has 0 amide bonds. The van der Waals surface area contributed by atoms with Gasteiger partial charge in [0.25, 0.3) is 0 Å². The Labute approximate surface area is 105 Å². The number of hydrogen-bond donors (Lipinski definition) is 2. The number of hydrogen-bond acceptors (Lipinski definition) is 2. The highest BCUT2D eigenvalue weighted by Gasteiger charge is 2.13. The summed E-state index contributed by atoms with van der Waals surface area (Å²) in [5.74, 6) is 0.565. The average Bonchev–Trinajstić information content (AvgIpc) is 2.34. The minimum atomic E-state index is 0.565. The Kier molecular flexibility index (Phi) is 5.88. The van der Waals surface area contributed by atoms with E-state index in [4.69, 9.17) is 11.5 Å². The first-order valence-electron chi connectivity index (χ1n) is 6.84. The molecule has 0 aliphatic heterocycles. The summed E-state index contributed by atoms with van der Waals surface area (Å²) in [4.78, 5) is 0. The molecule has 1 atom stereocenters. The van der Waals surface area contributed by atoms with Crippen molar-refractivity contribution >= 4 is 11.4 Å². The minimum absolute atomic E-state index is 0.565. The monoisotopic (exact) mass is 234 g/mol. The molecular weight excluding hydrogens is 208 g/mol. The maximum Gasteiger partial charge on any atom is 0.0583 e. The van der Waals surface area contributed by atoms with E-state index in [9.17, 15) is 0 Å². The van der Waals surface area contributed by atoms with Crippen LogP contribution in [-0.4, -0.2) is 0 Å². The molecule has 1 unspecified atom stereocenters. The number of nitrogen functional groups attached to an aromatic ring is 2. The maximum atomic E-state index is 6.06.